The molecule has 0 spiro atoms. The third kappa shape index (κ3) is 2.00. The molecule has 0 amide bonds. The van der Waals surface area contributed by atoms with E-state index < -0.39 is 0 Å². The first-order valence-corrected chi connectivity index (χ1v) is 6.66. The summed E-state index contributed by atoms with van der Waals surface area (Å²) in [7, 11) is 1.92. The number of fused-ring (bicyclic) bond motifs is 1. The second kappa shape index (κ2) is 4.83. The monoisotopic (exact) mass is 259 g/mol. The predicted molar refractivity (Wildman–Crippen MR) is 71.7 cm³/mol. The highest BCUT2D eigenvalue weighted by Gasteiger charge is 2.08. The molecule has 0 aliphatic rings. The summed E-state index contributed by atoms with van der Waals surface area (Å²) < 4.78 is 1.83. The molecule has 0 aliphatic carbocycles. The molecule has 3 heterocycles. The molecule has 1 N–H and O–H groups in total. The molecule has 0 atom stereocenters. The minimum absolute atomic E-state index is 0.793. The normalized spacial score (nSPS) is 11.2. The van der Waals surface area contributed by atoms with Crippen LogP contribution in [0.3, 0.4) is 0 Å². The van der Waals surface area contributed by atoms with Crippen molar-refractivity contribution in [3.05, 3.63) is 35.5 Å². The van der Waals surface area contributed by atoms with Gasteiger partial charge < -0.3 is 5.32 Å². The lowest BCUT2D eigenvalue weighted by molar-refractivity contribution is 0.726. The maximum atomic E-state index is 4.60. The van der Waals surface area contributed by atoms with E-state index in [1.54, 1.807) is 11.3 Å². The average molecular weight is 259 g/mol. The van der Waals surface area contributed by atoms with Gasteiger partial charge >= 0.3 is 0 Å². The first kappa shape index (κ1) is 11.3. The second-order valence-corrected chi connectivity index (χ2v) is 4.88. The molecule has 3 rings (SSSR count). The van der Waals surface area contributed by atoms with E-state index in [1.165, 1.54) is 0 Å². The van der Waals surface area contributed by atoms with Crippen molar-refractivity contribution in [3.8, 4) is 10.6 Å². The first-order chi connectivity index (χ1) is 8.88. The Kier molecular flexibility index (Phi) is 3.04. The molecule has 92 valence electrons. The summed E-state index contributed by atoms with van der Waals surface area (Å²) in [6.45, 7) is 0.867. The lowest BCUT2D eigenvalue weighted by atomic mass is 10.3. The molecule has 3 aromatic rings. The van der Waals surface area contributed by atoms with E-state index in [9.17, 15) is 0 Å². The Balaban J connectivity index is 2.04. The molecule has 6 heteroatoms. The van der Waals surface area contributed by atoms with E-state index in [0.29, 0.717) is 0 Å². The molecular weight excluding hydrogens is 246 g/mol. The Bertz CT molecular complexity index is 644. The summed E-state index contributed by atoms with van der Waals surface area (Å²) >= 11 is 1.68. The molecule has 0 fully saturated rings. The average Bonchev–Trinajstić information content (AvgIpc) is 3.05. The van der Waals surface area contributed by atoms with Gasteiger partial charge in [0, 0.05) is 13.0 Å². The van der Waals surface area contributed by atoms with Crippen molar-refractivity contribution in [1.82, 2.24) is 25.1 Å². The lowest BCUT2D eigenvalue weighted by Gasteiger charge is -2.01. The highest BCUT2D eigenvalue weighted by molar-refractivity contribution is 7.13. The van der Waals surface area contributed by atoms with Crippen molar-refractivity contribution >= 4 is 17.0 Å². The van der Waals surface area contributed by atoms with Gasteiger partial charge in [-0.15, -0.1) is 21.5 Å². The van der Waals surface area contributed by atoms with E-state index in [1.807, 2.05) is 29.8 Å². The van der Waals surface area contributed by atoms with Gasteiger partial charge in [0.05, 0.1) is 4.88 Å². The van der Waals surface area contributed by atoms with Crippen LogP contribution in [0, 0.1) is 0 Å². The van der Waals surface area contributed by atoms with Gasteiger partial charge in [0.25, 0.3) is 0 Å². The number of nitrogens with zero attached hydrogens (tertiary/aromatic N) is 4. The number of rotatable bonds is 4. The Labute approximate surface area is 108 Å². The van der Waals surface area contributed by atoms with Crippen LogP contribution in [0.1, 0.15) is 5.82 Å². The van der Waals surface area contributed by atoms with Crippen LogP contribution < -0.4 is 5.32 Å². The highest BCUT2D eigenvalue weighted by atomic mass is 32.1. The van der Waals surface area contributed by atoms with Gasteiger partial charge in [0.2, 0.25) is 0 Å². The molecule has 3 aromatic heterocycles. The predicted octanol–water partition coefficient (Wildman–Crippen LogP) is 1.61. The molecule has 0 saturated heterocycles. The number of hydrogen-bond acceptors (Lipinski definition) is 5. The van der Waals surface area contributed by atoms with Crippen LogP contribution in [0.2, 0.25) is 0 Å². The van der Waals surface area contributed by atoms with Crippen LogP contribution >= 0.6 is 11.3 Å². The van der Waals surface area contributed by atoms with Gasteiger partial charge in [0.1, 0.15) is 5.69 Å². The third-order valence-corrected chi connectivity index (χ3v) is 3.59. The summed E-state index contributed by atoms with van der Waals surface area (Å²) in [4.78, 5) is 1.16. The van der Waals surface area contributed by atoms with E-state index in [-0.39, 0.29) is 0 Å². The summed E-state index contributed by atoms with van der Waals surface area (Å²) in [5, 5.41) is 18.1. The van der Waals surface area contributed by atoms with Gasteiger partial charge in [-0.3, -0.25) is 0 Å². The van der Waals surface area contributed by atoms with Crippen molar-refractivity contribution < 1.29 is 0 Å². The number of nitrogens with one attached hydrogen (secondary N) is 1. The largest absolute Gasteiger partial charge is 0.319 e. The molecule has 0 unspecified atom stereocenters. The lowest BCUT2D eigenvalue weighted by Crippen LogP contribution is -2.13. The zero-order chi connectivity index (χ0) is 12.4. The summed E-state index contributed by atoms with van der Waals surface area (Å²) in [6.07, 6.45) is 0.818. The SMILES string of the molecule is CNCCc1nnc2ccc(-c3cccs3)nn12. The minimum atomic E-state index is 0.793. The first-order valence-electron chi connectivity index (χ1n) is 5.78. The van der Waals surface area contributed by atoms with Crippen molar-refractivity contribution in [3.63, 3.8) is 0 Å². The van der Waals surface area contributed by atoms with Crippen LogP contribution in [-0.4, -0.2) is 33.4 Å². The standard InChI is InChI=1S/C12H13N5S/c1-13-7-6-12-15-14-11-5-4-9(16-17(11)12)10-3-2-8-18-10/h2-5,8,13H,6-7H2,1H3. The Hall–Kier alpha value is -1.79. The van der Waals surface area contributed by atoms with Gasteiger partial charge in [-0.25, -0.2) is 0 Å². The van der Waals surface area contributed by atoms with Crippen LogP contribution in [-0.2, 0) is 6.42 Å². The Morgan fingerprint density at radius 1 is 1.28 bits per heavy atom. The molecule has 0 aliphatic heterocycles. The highest BCUT2D eigenvalue weighted by Crippen LogP contribution is 2.22. The number of likely N-dealkylation sites (N-methyl/N-ethyl adjacent to an activating group) is 1. The summed E-state index contributed by atoms with van der Waals surface area (Å²) in [5.74, 6) is 0.887. The van der Waals surface area contributed by atoms with Crippen molar-refractivity contribution in [2.45, 2.75) is 6.42 Å². The summed E-state index contributed by atoms with van der Waals surface area (Å²) in [5.41, 5.74) is 1.75. The zero-order valence-corrected chi connectivity index (χ0v) is 10.8. The maximum absolute atomic E-state index is 4.60. The van der Waals surface area contributed by atoms with Crippen LogP contribution in [0.4, 0.5) is 0 Å². The van der Waals surface area contributed by atoms with E-state index >= 15 is 0 Å². The Morgan fingerprint density at radius 3 is 3.00 bits per heavy atom. The van der Waals surface area contributed by atoms with Crippen molar-refractivity contribution in [2.24, 2.45) is 0 Å². The van der Waals surface area contributed by atoms with Gasteiger partial charge in [0.15, 0.2) is 11.5 Å². The zero-order valence-electron chi connectivity index (χ0n) is 10.00. The van der Waals surface area contributed by atoms with Gasteiger partial charge in [-0.1, -0.05) is 6.07 Å². The second-order valence-electron chi connectivity index (χ2n) is 3.94. The van der Waals surface area contributed by atoms with Crippen molar-refractivity contribution in [2.75, 3.05) is 13.6 Å². The van der Waals surface area contributed by atoms with Crippen molar-refractivity contribution in [1.29, 1.82) is 0 Å². The Morgan fingerprint density at radius 2 is 2.22 bits per heavy atom. The van der Waals surface area contributed by atoms with Crippen LogP contribution in [0.25, 0.3) is 16.2 Å². The molecule has 18 heavy (non-hydrogen) atoms. The summed E-state index contributed by atoms with van der Waals surface area (Å²) in [6, 6.07) is 8.03. The molecular formula is C12H13N5S. The minimum Gasteiger partial charge on any atom is -0.319 e. The van der Waals surface area contributed by atoms with Gasteiger partial charge in [-0.2, -0.15) is 9.61 Å². The van der Waals surface area contributed by atoms with Crippen LogP contribution in [0.15, 0.2) is 29.6 Å². The van der Waals surface area contributed by atoms with E-state index in [4.69, 9.17) is 0 Å². The molecule has 0 aromatic carbocycles. The smallest absolute Gasteiger partial charge is 0.177 e. The molecule has 0 radical (unpaired) electrons. The fraction of sp³-hybridized carbons (Fsp3) is 0.250. The fourth-order valence-electron chi connectivity index (χ4n) is 1.78. The molecule has 0 saturated carbocycles. The van der Waals surface area contributed by atoms with E-state index in [0.717, 1.165) is 35.0 Å². The maximum Gasteiger partial charge on any atom is 0.177 e. The number of thiophene rings is 1. The third-order valence-electron chi connectivity index (χ3n) is 2.70. The number of hydrogen-bond donors (Lipinski definition) is 1. The quantitative estimate of drug-likeness (QED) is 0.773. The molecule has 0 bridgehead atoms. The van der Waals surface area contributed by atoms with E-state index in [2.05, 4.69) is 32.1 Å². The van der Waals surface area contributed by atoms with Crippen LogP contribution in [0.5, 0.6) is 0 Å². The number of aromatic nitrogens is 4. The molecule has 5 nitrogen and oxygen atoms in total. The van der Waals surface area contributed by atoms with Gasteiger partial charge in [-0.05, 0) is 30.6 Å². The fourth-order valence-corrected chi connectivity index (χ4v) is 2.47. The topological polar surface area (TPSA) is 55.1 Å².